The fourth-order valence-corrected chi connectivity index (χ4v) is 4.66. The van der Waals surface area contributed by atoms with Gasteiger partial charge in [0.2, 0.25) is 11.7 Å². The number of nitrogens with zero attached hydrogens (tertiary/aromatic N) is 5. The molecule has 0 unspecified atom stereocenters. The lowest BCUT2D eigenvalue weighted by Gasteiger charge is -2.28. The molecular formula is C29H24ClN5O. The second-order valence-corrected chi connectivity index (χ2v) is 9.48. The number of hydrogen-bond acceptors (Lipinski definition) is 6. The third-order valence-electron chi connectivity index (χ3n) is 6.48. The molecule has 0 N–H and O–H groups in total. The zero-order chi connectivity index (χ0) is 24.5. The van der Waals surface area contributed by atoms with E-state index in [2.05, 4.69) is 56.4 Å². The van der Waals surface area contributed by atoms with E-state index in [-0.39, 0.29) is 0 Å². The summed E-state index contributed by atoms with van der Waals surface area (Å²) in [5.41, 5.74) is 7.91. The number of aryl methyl sites for hydroxylation is 1. The number of halogens is 1. The van der Waals surface area contributed by atoms with E-state index in [1.54, 1.807) is 6.92 Å². The van der Waals surface area contributed by atoms with Crippen molar-refractivity contribution in [1.82, 2.24) is 25.0 Å². The standard InChI is InChI=1S/C29H24ClN5O/c1-19-32-29(34-36-19)24-8-6-22(7-9-24)21-4-2-20(3-5-21)17-35-15-14-27-25(18-35)16-31-28(33-27)23-10-12-26(30)13-11-23/h2-13,16H,14-15,17-18H2,1H3. The first-order valence-electron chi connectivity index (χ1n) is 11.9. The van der Waals surface area contributed by atoms with Crippen LogP contribution in [0.4, 0.5) is 0 Å². The van der Waals surface area contributed by atoms with Gasteiger partial charge in [0, 0.05) is 60.9 Å². The third-order valence-corrected chi connectivity index (χ3v) is 6.73. The maximum absolute atomic E-state index is 6.01. The molecule has 0 atom stereocenters. The van der Waals surface area contributed by atoms with E-state index in [9.17, 15) is 0 Å². The van der Waals surface area contributed by atoms with Crippen LogP contribution in [0.5, 0.6) is 0 Å². The van der Waals surface area contributed by atoms with Crippen LogP contribution in [-0.4, -0.2) is 31.6 Å². The highest BCUT2D eigenvalue weighted by Gasteiger charge is 2.19. The zero-order valence-electron chi connectivity index (χ0n) is 19.9. The second-order valence-electron chi connectivity index (χ2n) is 9.04. The molecule has 36 heavy (non-hydrogen) atoms. The van der Waals surface area contributed by atoms with Gasteiger partial charge < -0.3 is 4.52 Å². The van der Waals surface area contributed by atoms with Crippen LogP contribution in [0.2, 0.25) is 5.02 Å². The molecule has 6 rings (SSSR count). The zero-order valence-corrected chi connectivity index (χ0v) is 20.6. The Morgan fingerprint density at radius 3 is 2.14 bits per heavy atom. The summed E-state index contributed by atoms with van der Waals surface area (Å²) in [5.74, 6) is 1.94. The molecule has 0 amide bonds. The van der Waals surface area contributed by atoms with Gasteiger partial charge in [-0.25, -0.2) is 9.97 Å². The molecule has 0 aliphatic carbocycles. The minimum absolute atomic E-state index is 0.567. The predicted molar refractivity (Wildman–Crippen MR) is 140 cm³/mol. The van der Waals surface area contributed by atoms with Gasteiger partial charge in [-0.2, -0.15) is 4.98 Å². The maximum atomic E-state index is 6.01. The molecule has 3 aromatic carbocycles. The lowest BCUT2D eigenvalue weighted by molar-refractivity contribution is 0.243. The second kappa shape index (κ2) is 9.64. The summed E-state index contributed by atoms with van der Waals surface area (Å²) < 4.78 is 5.08. The summed E-state index contributed by atoms with van der Waals surface area (Å²) in [7, 11) is 0. The average molecular weight is 494 g/mol. The number of fused-ring (bicyclic) bond motifs is 1. The molecule has 0 spiro atoms. The molecule has 1 aliphatic heterocycles. The number of aromatic nitrogens is 4. The van der Waals surface area contributed by atoms with Gasteiger partial charge in [0.1, 0.15) is 0 Å². The molecule has 3 heterocycles. The largest absolute Gasteiger partial charge is 0.339 e. The Labute approximate surface area is 214 Å². The molecule has 0 radical (unpaired) electrons. The quantitative estimate of drug-likeness (QED) is 0.283. The van der Waals surface area contributed by atoms with Gasteiger partial charge in [0.15, 0.2) is 5.82 Å². The van der Waals surface area contributed by atoms with E-state index in [0.29, 0.717) is 16.7 Å². The van der Waals surface area contributed by atoms with Gasteiger partial charge in [0.25, 0.3) is 0 Å². The molecule has 6 nitrogen and oxygen atoms in total. The van der Waals surface area contributed by atoms with Crippen molar-refractivity contribution in [1.29, 1.82) is 0 Å². The van der Waals surface area contributed by atoms with E-state index in [4.69, 9.17) is 21.1 Å². The van der Waals surface area contributed by atoms with Gasteiger partial charge in [-0.1, -0.05) is 65.3 Å². The fourth-order valence-electron chi connectivity index (χ4n) is 4.54. The highest BCUT2D eigenvalue weighted by atomic mass is 35.5. The molecule has 2 aromatic heterocycles. The Balaban J connectivity index is 1.11. The molecule has 7 heteroatoms. The lowest BCUT2D eigenvalue weighted by Crippen LogP contribution is -2.30. The monoisotopic (exact) mass is 493 g/mol. The smallest absolute Gasteiger partial charge is 0.223 e. The number of benzene rings is 3. The first-order chi connectivity index (χ1) is 17.6. The SMILES string of the molecule is Cc1nc(-c2ccc(-c3ccc(CN4CCc5nc(-c6ccc(Cl)cc6)ncc5C4)cc3)cc2)no1. The number of rotatable bonds is 5. The summed E-state index contributed by atoms with van der Waals surface area (Å²) >= 11 is 6.01. The highest BCUT2D eigenvalue weighted by Crippen LogP contribution is 2.26. The minimum atomic E-state index is 0.567. The lowest BCUT2D eigenvalue weighted by atomic mass is 10.0. The summed E-state index contributed by atoms with van der Waals surface area (Å²) in [6.45, 7) is 4.52. The highest BCUT2D eigenvalue weighted by molar-refractivity contribution is 6.30. The van der Waals surface area contributed by atoms with Crippen molar-refractivity contribution in [3.63, 3.8) is 0 Å². The molecule has 178 valence electrons. The molecular weight excluding hydrogens is 470 g/mol. The fraction of sp³-hybridized carbons (Fsp3) is 0.172. The van der Waals surface area contributed by atoms with Gasteiger partial charge in [-0.15, -0.1) is 0 Å². The first kappa shape index (κ1) is 22.6. The average Bonchev–Trinajstić information content (AvgIpc) is 3.36. The van der Waals surface area contributed by atoms with Gasteiger partial charge >= 0.3 is 0 Å². The van der Waals surface area contributed by atoms with Crippen molar-refractivity contribution in [3.05, 3.63) is 107 Å². The molecule has 0 saturated heterocycles. The van der Waals surface area contributed by atoms with Crippen molar-refractivity contribution in [2.75, 3.05) is 6.54 Å². The summed E-state index contributed by atoms with van der Waals surface area (Å²) in [6.07, 6.45) is 2.89. The van der Waals surface area contributed by atoms with Crippen molar-refractivity contribution >= 4 is 11.6 Å². The van der Waals surface area contributed by atoms with E-state index >= 15 is 0 Å². The molecule has 0 saturated carbocycles. The third kappa shape index (κ3) is 4.78. The molecule has 1 aliphatic rings. The van der Waals surface area contributed by atoms with Gasteiger partial charge in [-0.05, 0) is 41.0 Å². The van der Waals surface area contributed by atoms with E-state index in [1.165, 1.54) is 16.7 Å². The van der Waals surface area contributed by atoms with Crippen LogP contribution in [0.1, 0.15) is 22.7 Å². The Morgan fingerprint density at radius 1 is 0.806 bits per heavy atom. The number of hydrogen-bond donors (Lipinski definition) is 0. The van der Waals surface area contributed by atoms with E-state index in [0.717, 1.165) is 54.3 Å². The minimum Gasteiger partial charge on any atom is -0.339 e. The van der Waals surface area contributed by atoms with Crippen LogP contribution in [0.15, 0.2) is 83.5 Å². The van der Waals surface area contributed by atoms with Crippen LogP contribution < -0.4 is 0 Å². The van der Waals surface area contributed by atoms with Crippen LogP contribution in [0.25, 0.3) is 33.9 Å². The summed E-state index contributed by atoms with van der Waals surface area (Å²) in [6, 6.07) is 24.7. The van der Waals surface area contributed by atoms with Crippen LogP contribution in [0, 0.1) is 6.92 Å². The molecule has 0 bridgehead atoms. The van der Waals surface area contributed by atoms with Crippen LogP contribution >= 0.6 is 11.6 Å². The normalized spacial score (nSPS) is 13.5. The van der Waals surface area contributed by atoms with Crippen LogP contribution in [0.3, 0.4) is 0 Å². The van der Waals surface area contributed by atoms with Gasteiger partial charge in [-0.3, -0.25) is 4.90 Å². The van der Waals surface area contributed by atoms with E-state index in [1.807, 2.05) is 42.6 Å². The Morgan fingerprint density at radius 2 is 1.44 bits per heavy atom. The topological polar surface area (TPSA) is 67.9 Å². The Kier molecular flexibility index (Phi) is 6.05. The Bertz CT molecular complexity index is 1490. The summed E-state index contributed by atoms with van der Waals surface area (Å²) in [4.78, 5) is 16.2. The predicted octanol–water partition coefficient (Wildman–Crippen LogP) is 6.38. The first-order valence-corrected chi connectivity index (χ1v) is 12.3. The van der Waals surface area contributed by atoms with Crippen molar-refractivity contribution in [2.24, 2.45) is 0 Å². The summed E-state index contributed by atoms with van der Waals surface area (Å²) in [5, 5.41) is 4.70. The van der Waals surface area contributed by atoms with Crippen LogP contribution in [-0.2, 0) is 19.5 Å². The van der Waals surface area contributed by atoms with Crippen molar-refractivity contribution in [2.45, 2.75) is 26.4 Å². The molecule has 0 fully saturated rings. The van der Waals surface area contributed by atoms with Gasteiger partial charge in [0.05, 0.1) is 5.69 Å². The molecule has 5 aromatic rings. The van der Waals surface area contributed by atoms with E-state index < -0.39 is 0 Å². The van der Waals surface area contributed by atoms with Crippen molar-refractivity contribution < 1.29 is 4.52 Å². The maximum Gasteiger partial charge on any atom is 0.223 e. The Hall–Kier alpha value is -3.87. The van der Waals surface area contributed by atoms with Crippen molar-refractivity contribution in [3.8, 4) is 33.9 Å².